The average molecular weight is 155 g/mol. The van der Waals surface area contributed by atoms with Crippen LogP contribution in [-0.2, 0) is 0 Å². The number of hydrogen-bond acceptors (Lipinski definition) is 1. The minimum absolute atomic E-state index is 0.721. The van der Waals surface area contributed by atoms with Crippen molar-refractivity contribution in [3.05, 3.63) is 0 Å². The molecule has 0 radical (unpaired) electrons. The van der Waals surface area contributed by atoms with E-state index < -0.39 is 0 Å². The van der Waals surface area contributed by atoms with Crippen LogP contribution in [0.1, 0.15) is 34.1 Å². The first kappa shape index (κ1) is 9.05. The van der Waals surface area contributed by atoms with Crippen LogP contribution >= 0.6 is 0 Å². The van der Waals surface area contributed by atoms with Gasteiger partial charge in [-0.25, -0.2) is 0 Å². The molecule has 3 atom stereocenters. The largest absolute Gasteiger partial charge is 0.314 e. The molecule has 0 aromatic rings. The monoisotopic (exact) mass is 155 g/mol. The van der Waals surface area contributed by atoms with Gasteiger partial charge in [0.1, 0.15) is 0 Å². The zero-order chi connectivity index (χ0) is 8.43. The maximum atomic E-state index is 3.54. The number of nitrogens with one attached hydrogen (secondary N) is 1. The predicted molar refractivity (Wildman–Crippen MR) is 49.6 cm³/mol. The van der Waals surface area contributed by atoms with Gasteiger partial charge < -0.3 is 5.32 Å². The zero-order valence-corrected chi connectivity index (χ0v) is 8.22. The molecule has 0 bridgehead atoms. The Morgan fingerprint density at radius 3 is 2.27 bits per heavy atom. The third-order valence-corrected chi connectivity index (χ3v) is 3.07. The van der Waals surface area contributed by atoms with Crippen molar-refractivity contribution in [2.45, 2.75) is 40.2 Å². The average Bonchev–Trinajstić information content (AvgIpc) is 1.85. The van der Waals surface area contributed by atoms with Crippen molar-refractivity contribution in [2.24, 2.45) is 17.8 Å². The van der Waals surface area contributed by atoms with Crippen LogP contribution in [0, 0.1) is 17.8 Å². The second-order valence-electron chi connectivity index (χ2n) is 4.33. The summed E-state index contributed by atoms with van der Waals surface area (Å²) in [7, 11) is 0. The normalized spacial score (nSPS) is 39.5. The third kappa shape index (κ3) is 1.96. The van der Waals surface area contributed by atoms with Gasteiger partial charge >= 0.3 is 0 Å². The van der Waals surface area contributed by atoms with Gasteiger partial charge in [-0.05, 0) is 37.6 Å². The molecule has 1 heterocycles. The number of hydrogen-bond donors (Lipinski definition) is 1. The molecule has 0 amide bonds. The molecule has 11 heavy (non-hydrogen) atoms. The van der Waals surface area contributed by atoms with E-state index in [4.69, 9.17) is 0 Å². The maximum Gasteiger partial charge on any atom is 0.00719 e. The van der Waals surface area contributed by atoms with E-state index in [2.05, 4.69) is 33.0 Å². The van der Waals surface area contributed by atoms with Crippen LogP contribution in [0.2, 0.25) is 0 Å². The fourth-order valence-electron chi connectivity index (χ4n) is 2.59. The standard InChI is InChI=1S/C10H21N/c1-7(2)10-8(3)5-6-11-9(10)4/h7-11H,5-6H2,1-4H3/t8?,9-,10?/m0/s1. The van der Waals surface area contributed by atoms with E-state index in [1.165, 1.54) is 13.0 Å². The van der Waals surface area contributed by atoms with Crippen LogP contribution in [0.4, 0.5) is 0 Å². The fraction of sp³-hybridized carbons (Fsp3) is 1.00. The fourth-order valence-corrected chi connectivity index (χ4v) is 2.59. The topological polar surface area (TPSA) is 12.0 Å². The van der Waals surface area contributed by atoms with Gasteiger partial charge in [-0.1, -0.05) is 20.8 Å². The van der Waals surface area contributed by atoms with Gasteiger partial charge in [0.25, 0.3) is 0 Å². The first-order chi connectivity index (χ1) is 5.13. The highest BCUT2D eigenvalue weighted by Gasteiger charge is 2.29. The van der Waals surface area contributed by atoms with Crippen LogP contribution in [-0.4, -0.2) is 12.6 Å². The van der Waals surface area contributed by atoms with Crippen molar-refractivity contribution < 1.29 is 0 Å². The Morgan fingerprint density at radius 2 is 1.91 bits per heavy atom. The van der Waals surface area contributed by atoms with Crippen molar-refractivity contribution in [1.82, 2.24) is 5.32 Å². The summed E-state index contributed by atoms with van der Waals surface area (Å²) in [6.45, 7) is 10.6. The van der Waals surface area contributed by atoms with Crippen molar-refractivity contribution in [2.75, 3.05) is 6.54 Å². The lowest BCUT2D eigenvalue weighted by molar-refractivity contribution is 0.160. The van der Waals surface area contributed by atoms with Crippen molar-refractivity contribution in [1.29, 1.82) is 0 Å². The van der Waals surface area contributed by atoms with Crippen LogP contribution in [0.5, 0.6) is 0 Å². The van der Waals surface area contributed by atoms with Crippen LogP contribution in [0.3, 0.4) is 0 Å². The first-order valence-corrected chi connectivity index (χ1v) is 4.86. The van der Waals surface area contributed by atoms with E-state index in [-0.39, 0.29) is 0 Å². The Bertz CT molecular complexity index is 110. The van der Waals surface area contributed by atoms with Gasteiger partial charge in [0.05, 0.1) is 0 Å². The molecule has 0 aliphatic carbocycles. The van der Waals surface area contributed by atoms with Gasteiger partial charge in [-0.15, -0.1) is 0 Å². The molecule has 2 unspecified atom stereocenters. The number of rotatable bonds is 1. The summed E-state index contributed by atoms with van der Waals surface area (Å²) in [5.74, 6) is 2.61. The molecule has 1 heteroatoms. The highest BCUT2D eigenvalue weighted by molar-refractivity contribution is 4.83. The Morgan fingerprint density at radius 1 is 1.27 bits per heavy atom. The third-order valence-electron chi connectivity index (χ3n) is 3.07. The lowest BCUT2D eigenvalue weighted by atomic mass is 9.76. The van der Waals surface area contributed by atoms with E-state index in [0.29, 0.717) is 0 Å². The highest BCUT2D eigenvalue weighted by atomic mass is 14.9. The van der Waals surface area contributed by atoms with Crippen LogP contribution < -0.4 is 5.32 Å². The predicted octanol–water partition coefficient (Wildman–Crippen LogP) is 2.28. The van der Waals surface area contributed by atoms with Crippen molar-refractivity contribution in [3.63, 3.8) is 0 Å². The second-order valence-corrected chi connectivity index (χ2v) is 4.33. The molecule has 1 rings (SSSR count). The Hall–Kier alpha value is -0.0400. The molecule has 1 aliphatic heterocycles. The van der Waals surface area contributed by atoms with Gasteiger partial charge in [0, 0.05) is 6.04 Å². The first-order valence-electron chi connectivity index (χ1n) is 4.86. The zero-order valence-electron chi connectivity index (χ0n) is 8.22. The SMILES string of the molecule is CC(C)C1C(C)CCN[C@H]1C. The molecule has 0 spiro atoms. The maximum absolute atomic E-state index is 3.54. The van der Waals surface area contributed by atoms with Crippen molar-refractivity contribution >= 4 is 0 Å². The molecule has 1 fully saturated rings. The van der Waals surface area contributed by atoms with Gasteiger partial charge in [-0.2, -0.15) is 0 Å². The molecule has 1 nitrogen and oxygen atoms in total. The minimum Gasteiger partial charge on any atom is -0.314 e. The van der Waals surface area contributed by atoms with E-state index in [9.17, 15) is 0 Å². The summed E-state index contributed by atoms with van der Waals surface area (Å²) in [6, 6.07) is 0.721. The van der Waals surface area contributed by atoms with Crippen LogP contribution in [0.15, 0.2) is 0 Å². The number of piperidine rings is 1. The molecule has 0 saturated carbocycles. The van der Waals surface area contributed by atoms with Gasteiger partial charge in [0.2, 0.25) is 0 Å². The summed E-state index contributed by atoms with van der Waals surface area (Å²) in [5, 5.41) is 3.54. The molecule has 1 aliphatic rings. The van der Waals surface area contributed by atoms with Crippen molar-refractivity contribution in [3.8, 4) is 0 Å². The minimum atomic E-state index is 0.721. The van der Waals surface area contributed by atoms with E-state index in [1.807, 2.05) is 0 Å². The molecular formula is C10H21N. The Kier molecular flexibility index (Phi) is 2.94. The second kappa shape index (κ2) is 3.57. The lowest BCUT2D eigenvalue weighted by Crippen LogP contribution is -2.45. The summed E-state index contributed by atoms with van der Waals surface area (Å²) >= 11 is 0. The van der Waals surface area contributed by atoms with Crippen LogP contribution in [0.25, 0.3) is 0 Å². The Balaban J connectivity index is 2.55. The molecule has 1 saturated heterocycles. The molecular weight excluding hydrogens is 134 g/mol. The van der Waals surface area contributed by atoms with Gasteiger partial charge in [0.15, 0.2) is 0 Å². The molecule has 66 valence electrons. The quantitative estimate of drug-likeness (QED) is 0.612. The summed E-state index contributed by atoms with van der Waals surface area (Å²) in [6.07, 6.45) is 1.35. The van der Waals surface area contributed by atoms with Gasteiger partial charge in [-0.3, -0.25) is 0 Å². The highest BCUT2D eigenvalue weighted by Crippen LogP contribution is 2.29. The molecule has 0 aromatic carbocycles. The lowest BCUT2D eigenvalue weighted by Gasteiger charge is -2.38. The Labute approximate surface area is 70.6 Å². The summed E-state index contributed by atoms with van der Waals surface area (Å²) in [4.78, 5) is 0. The molecule has 1 N–H and O–H groups in total. The molecule has 0 aromatic heterocycles. The smallest absolute Gasteiger partial charge is 0.00719 e. The summed E-state index contributed by atoms with van der Waals surface area (Å²) < 4.78 is 0. The summed E-state index contributed by atoms with van der Waals surface area (Å²) in [5.41, 5.74) is 0. The van der Waals surface area contributed by atoms with E-state index >= 15 is 0 Å². The van der Waals surface area contributed by atoms with E-state index in [0.717, 1.165) is 23.8 Å². The van der Waals surface area contributed by atoms with E-state index in [1.54, 1.807) is 0 Å².